The average Bonchev–Trinajstić information content (AvgIpc) is 3.59. The Morgan fingerprint density at radius 1 is 1.21 bits per heavy atom. The average molecular weight is 529 g/mol. The number of H-pyrrole nitrogens is 1. The number of likely N-dealkylation sites (N-methyl/N-ethyl adjacent to an activating group) is 1. The number of carbonyl (C=O) groups is 1. The van der Waals surface area contributed by atoms with Crippen LogP contribution in [0.3, 0.4) is 0 Å². The van der Waals surface area contributed by atoms with E-state index in [0.29, 0.717) is 44.0 Å². The normalized spacial score (nSPS) is 20.3. The van der Waals surface area contributed by atoms with Gasteiger partial charge in [-0.3, -0.25) is 9.89 Å². The molecule has 1 amide bonds. The lowest BCUT2D eigenvalue weighted by molar-refractivity contribution is -0.127. The molecule has 2 saturated heterocycles. The van der Waals surface area contributed by atoms with Crippen molar-refractivity contribution < 1.29 is 14.3 Å². The van der Waals surface area contributed by atoms with Crippen molar-refractivity contribution >= 4 is 22.6 Å². The molecule has 0 saturated carbocycles. The van der Waals surface area contributed by atoms with E-state index in [2.05, 4.69) is 48.6 Å². The van der Waals surface area contributed by atoms with Gasteiger partial charge in [-0.25, -0.2) is 0 Å². The fraction of sp³-hybridized carbons (Fsp3) is 0.467. The summed E-state index contributed by atoms with van der Waals surface area (Å²) in [6.45, 7) is 10.9. The highest BCUT2D eigenvalue weighted by molar-refractivity contribution is 5.93. The molecule has 1 atom stereocenters. The van der Waals surface area contributed by atoms with Crippen molar-refractivity contribution in [2.24, 2.45) is 0 Å². The van der Waals surface area contributed by atoms with Crippen LogP contribution in [0.15, 0.2) is 36.6 Å². The van der Waals surface area contributed by atoms with Crippen molar-refractivity contribution in [3.8, 4) is 11.9 Å². The van der Waals surface area contributed by atoms with Gasteiger partial charge in [0.2, 0.25) is 11.8 Å². The van der Waals surface area contributed by atoms with Gasteiger partial charge in [0, 0.05) is 48.0 Å². The first-order valence-corrected chi connectivity index (χ1v) is 13.9. The number of allylic oxidation sites excluding steroid dienone is 1. The van der Waals surface area contributed by atoms with Gasteiger partial charge in [0.05, 0.1) is 17.4 Å². The molecule has 9 heteroatoms. The van der Waals surface area contributed by atoms with Gasteiger partial charge in [0.15, 0.2) is 0 Å². The number of likely N-dealkylation sites (tertiary alicyclic amines) is 2. The maximum atomic E-state index is 12.2. The summed E-state index contributed by atoms with van der Waals surface area (Å²) in [6, 6.07) is 4.86. The van der Waals surface area contributed by atoms with Gasteiger partial charge in [0.25, 0.3) is 0 Å². The molecule has 6 rings (SSSR count). The molecule has 9 nitrogen and oxygen atoms in total. The lowest BCUT2D eigenvalue weighted by Crippen LogP contribution is -2.37. The lowest BCUT2D eigenvalue weighted by atomic mass is 9.87. The van der Waals surface area contributed by atoms with Crippen LogP contribution in [0.2, 0.25) is 0 Å². The Morgan fingerprint density at radius 3 is 2.77 bits per heavy atom. The lowest BCUT2D eigenvalue weighted by Gasteiger charge is -2.33. The number of piperidine rings is 1. The fourth-order valence-corrected chi connectivity index (χ4v) is 6.20. The Kier molecular flexibility index (Phi) is 6.85. The number of hydrogen-bond acceptors (Lipinski definition) is 7. The number of carbonyl (C=O) groups excluding carboxylic acids is 1. The van der Waals surface area contributed by atoms with Crippen LogP contribution in [0.4, 0.5) is 0 Å². The minimum atomic E-state index is -0.0154. The monoisotopic (exact) mass is 528 g/mol. The standard InChI is InChI=1S/C30H36N6O3/c1-5-25(37)36-13-10-20(11-14-36)27-22-15-19(3)28(26-18(2)8-9-24-23(26)16-31-34-24)39-29(22)33-30(32-27)38-17-21-7-6-12-35(21)4/h5,8-9,16,20-21H,1,6-7,10-15,17H2,2-4H3,(H,31,34)/t21-/m0/s1. The SMILES string of the molecule is C=CC(=O)N1CCC(c2nc(OC[C@@H]3CCCN3C)nc3c2CC(C)=C(c2c(C)ccc4[nH]ncc24)O3)CC1. The van der Waals surface area contributed by atoms with Crippen molar-refractivity contribution in [3.63, 3.8) is 0 Å². The Labute approximate surface area is 228 Å². The van der Waals surface area contributed by atoms with E-state index < -0.39 is 0 Å². The number of nitrogens with one attached hydrogen (secondary N) is 1. The highest BCUT2D eigenvalue weighted by atomic mass is 16.5. The number of rotatable bonds is 6. The predicted molar refractivity (Wildman–Crippen MR) is 150 cm³/mol. The van der Waals surface area contributed by atoms with Crippen molar-refractivity contribution in [2.45, 2.75) is 57.9 Å². The Balaban J connectivity index is 1.35. The maximum absolute atomic E-state index is 12.2. The summed E-state index contributed by atoms with van der Waals surface area (Å²) < 4.78 is 12.9. The third kappa shape index (κ3) is 4.80. The van der Waals surface area contributed by atoms with Gasteiger partial charge in [-0.15, -0.1) is 0 Å². The second kappa shape index (κ2) is 10.4. The molecule has 0 unspecified atom stereocenters. The van der Waals surface area contributed by atoms with E-state index >= 15 is 0 Å². The minimum absolute atomic E-state index is 0.0154. The van der Waals surface area contributed by atoms with Gasteiger partial charge >= 0.3 is 6.01 Å². The largest absolute Gasteiger partial charge is 0.462 e. The Hall–Kier alpha value is -3.72. The molecule has 0 bridgehead atoms. The Morgan fingerprint density at radius 2 is 2.03 bits per heavy atom. The van der Waals surface area contributed by atoms with Crippen LogP contribution in [-0.2, 0) is 11.2 Å². The number of benzene rings is 1. The first-order valence-electron chi connectivity index (χ1n) is 13.9. The molecule has 2 aromatic heterocycles. The second-order valence-electron chi connectivity index (χ2n) is 11.0. The molecule has 0 spiro atoms. The molecular weight excluding hydrogens is 492 g/mol. The van der Waals surface area contributed by atoms with Crippen LogP contribution in [0.5, 0.6) is 11.9 Å². The molecule has 1 N–H and O–H groups in total. The summed E-state index contributed by atoms with van der Waals surface area (Å²) in [5.74, 6) is 1.58. The second-order valence-corrected chi connectivity index (χ2v) is 11.0. The van der Waals surface area contributed by atoms with E-state index in [4.69, 9.17) is 19.4 Å². The number of nitrogens with zero attached hydrogens (tertiary/aromatic N) is 5. The molecule has 39 heavy (non-hydrogen) atoms. The van der Waals surface area contributed by atoms with E-state index in [1.54, 1.807) is 0 Å². The zero-order chi connectivity index (χ0) is 27.1. The fourth-order valence-electron chi connectivity index (χ4n) is 6.20. The number of fused-ring (bicyclic) bond motifs is 2. The van der Waals surface area contributed by atoms with Crippen molar-refractivity contribution in [1.29, 1.82) is 0 Å². The summed E-state index contributed by atoms with van der Waals surface area (Å²) in [7, 11) is 2.14. The van der Waals surface area contributed by atoms with Gasteiger partial charge in [-0.05, 0) is 76.4 Å². The van der Waals surface area contributed by atoms with Crippen LogP contribution in [0.25, 0.3) is 16.7 Å². The van der Waals surface area contributed by atoms with Crippen molar-refractivity contribution in [2.75, 3.05) is 33.3 Å². The van der Waals surface area contributed by atoms with Crippen LogP contribution < -0.4 is 9.47 Å². The molecule has 2 fully saturated rings. The molecule has 1 aromatic carbocycles. The van der Waals surface area contributed by atoms with E-state index in [1.165, 1.54) is 12.5 Å². The first-order chi connectivity index (χ1) is 18.9. The molecule has 204 valence electrons. The molecule has 0 aliphatic carbocycles. The third-order valence-corrected chi connectivity index (χ3v) is 8.51. The zero-order valence-electron chi connectivity index (χ0n) is 23.0. The van der Waals surface area contributed by atoms with E-state index in [9.17, 15) is 4.79 Å². The van der Waals surface area contributed by atoms with Crippen LogP contribution >= 0.6 is 0 Å². The molecule has 3 aliphatic heterocycles. The highest BCUT2D eigenvalue weighted by Gasteiger charge is 2.32. The predicted octanol–water partition coefficient (Wildman–Crippen LogP) is 4.39. The molecular formula is C30H36N6O3. The van der Waals surface area contributed by atoms with Gasteiger partial charge in [-0.2, -0.15) is 15.1 Å². The number of aromatic nitrogens is 4. The van der Waals surface area contributed by atoms with Crippen molar-refractivity contribution in [1.82, 2.24) is 30.0 Å². The number of ether oxygens (including phenoxy) is 2. The van der Waals surface area contributed by atoms with Gasteiger partial charge in [-0.1, -0.05) is 12.6 Å². The van der Waals surface area contributed by atoms with Crippen LogP contribution in [-0.4, -0.2) is 75.2 Å². The highest BCUT2D eigenvalue weighted by Crippen LogP contribution is 2.42. The molecule has 3 aliphatic rings. The Bertz CT molecular complexity index is 1450. The maximum Gasteiger partial charge on any atom is 0.320 e. The van der Waals surface area contributed by atoms with E-state index in [1.807, 2.05) is 17.2 Å². The molecule has 5 heterocycles. The molecule has 3 aromatic rings. The van der Waals surface area contributed by atoms with Gasteiger partial charge in [0.1, 0.15) is 12.4 Å². The first kappa shape index (κ1) is 25.6. The topological polar surface area (TPSA) is 96.5 Å². The van der Waals surface area contributed by atoms with Crippen LogP contribution in [0, 0.1) is 6.92 Å². The number of hydrogen-bond donors (Lipinski definition) is 1. The van der Waals surface area contributed by atoms with Crippen LogP contribution in [0.1, 0.15) is 60.9 Å². The summed E-state index contributed by atoms with van der Waals surface area (Å²) in [5, 5.41) is 8.36. The smallest absolute Gasteiger partial charge is 0.320 e. The summed E-state index contributed by atoms with van der Waals surface area (Å²) >= 11 is 0. The minimum Gasteiger partial charge on any atom is -0.462 e. The zero-order valence-corrected chi connectivity index (χ0v) is 23.0. The number of amides is 1. The molecule has 0 radical (unpaired) electrons. The summed E-state index contributed by atoms with van der Waals surface area (Å²) in [5.41, 5.74) is 6.26. The number of aromatic amines is 1. The number of aryl methyl sites for hydroxylation is 1. The quantitative estimate of drug-likeness (QED) is 0.474. The van der Waals surface area contributed by atoms with E-state index in [-0.39, 0.29) is 11.8 Å². The van der Waals surface area contributed by atoms with E-state index in [0.717, 1.165) is 70.4 Å². The third-order valence-electron chi connectivity index (χ3n) is 8.51. The summed E-state index contributed by atoms with van der Waals surface area (Å²) in [4.78, 5) is 26.2. The van der Waals surface area contributed by atoms with Crippen molar-refractivity contribution in [3.05, 3.63) is 58.9 Å². The van der Waals surface area contributed by atoms with Gasteiger partial charge < -0.3 is 19.3 Å². The summed E-state index contributed by atoms with van der Waals surface area (Å²) in [6.07, 6.45) is 7.90.